The molecule has 0 radical (unpaired) electrons. The van der Waals surface area contributed by atoms with Gasteiger partial charge >= 0.3 is 5.63 Å². The smallest absolute Gasteiger partial charge is 0.336 e. The summed E-state index contributed by atoms with van der Waals surface area (Å²) in [6.07, 6.45) is -1.06. The average molecular weight is 480 g/mol. The molecule has 0 fully saturated rings. The largest absolute Gasteiger partial charge is 0.494 e. The molecule has 0 saturated heterocycles. The van der Waals surface area contributed by atoms with Crippen molar-refractivity contribution < 1.29 is 23.1 Å². The summed E-state index contributed by atoms with van der Waals surface area (Å²) in [6, 6.07) is 29.0. The Hall–Kier alpha value is -4.71. The Balaban J connectivity index is 1.55. The Morgan fingerprint density at radius 3 is 2.28 bits per heavy atom. The van der Waals surface area contributed by atoms with Crippen LogP contribution in [-0.2, 0) is 0 Å². The molecule has 5 rings (SSSR count). The molecule has 6 heteroatoms. The number of rotatable bonds is 7. The molecule has 0 aliphatic rings. The molecule has 0 saturated carbocycles. The molecule has 0 N–H and O–H groups in total. The standard InChI is InChI=1S/C30H21FO5/c1-34-26-15-12-21(16-25(26)31)29(33)30(20-10-6-3-7-11-20)35-22-13-14-23-24(19-8-4-2-5-9-19)18-28(32)36-27(23)17-22/h2-18,30H,1H3. The van der Waals surface area contributed by atoms with Crippen LogP contribution in [0.3, 0.4) is 0 Å². The second-order valence-corrected chi connectivity index (χ2v) is 8.13. The summed E-state index contributed by atoms with van der Waals surface area (Å²) in [5, 5.41) is 0.730. The Kier molecular flexibility index (Phi) is 6.33. The third-order valence-electron chi connectivity index (χ3n) is 5.83. The zero-order valence-corrected chi connectivity index (χ0v) is 19.3. The summed E-state index contributed by atoms with van der Waals surface area (Å²) in [5.74, 6) is -0.701. The summed E-state index contributed by atoms with van der Waals surface area (Å²) in [6.45, 7) is 0. The number of Topliss-reactive ketones (excluding diaryl/α,β-unsaturated/α-hetero) is 1. The van der Waals surface area contributed by atoms with Gasteiger partial charge in [0.05, 0.1) is 7.11 Å². The van der Waals surface area contributed by atoms with Crippen LogP contribution in [0.2, 0.25) is 0 Å². The molecule has 0 spiro atoms. The van der Waals surface area contributed by atoms with Gasteiger partial charge in [0.25, 0.3) is 0 Å². The number of carbonyl (C=O) groups excluding carboxylic acids is 1. The number of methoxy groups -OCH3 is 1. The Morgan fingerprint density at radius 1 is 0.861 bits per heavy atom. The molecule has 5 nitrogen and oxygen atoms in total. The predicted octanol–water partition coefficient (Wildman–Crippen LogP) is 6.61. The minimum Gasteiger partial charge on any atom is -0.494 e. The third-order valence-corrected chi connectivity index (χ3v) is 5.83. The van der Waals surface area contributed by atoms with Gasteiger partial charge in [-0.1, -0.05) is 60.7 Å². The number of hydrogen-bond acceptors (Lipinski definition) is 5. The molecule has 1 unspecified atom stereocenters. The molecule has 0 bridgehead atoms. The lowest BCUT2D eigenvalue weighted by Gasteiger charge is -2.19. The van der Waals surface area contributed by atoms with Crippen molar-refractivity contribution in [2.75, 3.05) is 7.11 Å². The van der Waals surface area contributed by atoms with Crippen LogP contribution in [0.15, 0.2) is 112 Å². The quantitative estimate of drug-likeness (QED) is 0.194. The first-order valence-corrected chi connectivity index (χ1v) is 11.3. The van der Waals surface area contributed by atoms with Gasteiger partial charge in [0.15, 0.2) is 17.7 Å². The van der Waals surface area contributed by atoms with Gasteiger partial charge in [-0.3, -0.25) is 4.79 Å². The Morgan fingerprint density at radius 2 is 1.58 bits per heavy atom. The molecule has 4 aromatic carbocycles. The fourth-order valence-corrected chi connectivity index (χ4v) is 4.08. The van der Waals surface area contributed by atoms with Crippen molar-refractivity contribution >= 4 is 16.8 Å². The van der Waals surface area contributed by atoms with Crippen LogP contribution >= 0.6 is 0 Å². The first-order valence-electron chi connectivity index (χ1n) is 11.3. The van der Waals surface area contributed by atoms with Crippen molar-refractivity contribution in [3.8, 4) is 22.6 Å². The molecule has 36 heavy (non-hydrogen) atoms. The van der Waals surface area contributed by atoms with Crippen molar-refractivity contribution in [1.82, 2.24) is 0 Å². The van der Waals surface area contributed by atoms with E-state index in [9.17, 15) is 14.0 Å². The number of halogens is 1. The van der Waals surface area contributed by atoms with Crippen LogP contribution < -0.4 is 15.1 Å². The average Bonchev–Trinajstić information content (AvgIpc) is 2.91. The molecule has 0 amide bonds. The number of hydrogen-bond donors (Lipinski definition) is 0. The third kappa shape index (κ3) is 4.61. The van der Waals surface area contributed by atoms with E-state index < -0.39 is 23.3 Å². The number of benzene rings is 4. The maximum Gasteiger partial charge on any atom is 0.336 e. The van der Waals surface area contributed by atoms with E-state index in [1.54, 1.807) is 42.5 Å². The lowest BCUT2D eigenvalue weighted by atomic mass is 9.99. The van der Waals surface area contributed by atoms with E-state index in [1.807, 2.05) is 36.4 Å². The SMILES string of the molecule is COc1ccc(C(=O)C(Oc2ccc3c(-c4ccccc4)cc(=O)oc3c2)c2ccccc2)cc1F. The van der Waals surface area contributed by atoms with Gasteiger partial charge in [0.2, 0.25) is 5.78 Å². The van der Waals surface area contributed by atoms with Crippen LogP contribution in [0.1, 0.15) is 22.0 Å². The number of ether oxygens (including phenoxy) is 2. The molecule has 0 aliphatic heterocycles. The van der Waals surface area contributed by atoms with Gasteiger partial charge in [-0.15, -0.1) is 0 Å². The van der Waals surface area contributed by atoms with Crippen LogP contribution in [-0.4, -0.2) is 12.9 Å². The summed E-state index contributed by atoms with van der Waals surface area (Å²) in [7, 11) is 1.36. The molecular weight excluding hydrogens is 459 g/mol. The molecule has 1 heterocycles. The Bertz CT molecular complexity index is 1590. The highest BCUT2D eigenvalue weighted by Gasteiger charge is 2.25. The van der Waals surface area contributed by atoms with E-state index in [2.05, 4.69) is 0 Å². The van der Waals surface area contributed by atoms with Crippen LogP contribution in [0.5, 0.6) is 11.5 Å². The first kappa shape index (κ1) is 23.1. The molecule has 178 valence electrons. The van der Waals surface area contributed by atoms with Gasteiger partial charge in [0, 0.05) is 28.6 Å². The van der Waals surface area contributed by atoms with E-state index >= 15 is 0 Å². The predicted molar refractivity (Wildman–Crippen MR) is 135 cm³/mol. The maximum atomic E-state index is 14.3. The van der Waals surface area contributed by atoms with E-state index in [1.165, 1.54) is 25.3 Å². The minimum atomic E-state index is -1.06. The number of fused-ring (bicyclic) bond motifs is 1. The Labute approximate surface area is 206 Å². The summed E-state index contributed by atoms with van der Waals surface area (Å²) < 4.78 is 30.9. The summed E-state index contributed by atoms with van der Waals surface area (Å²) in [4.78, 5) is 25.8. The number of ketones is 1. The van der Waals surface area contributed by atoms with Crippen molar-refractivity contribution in [3.63, 3.8) is 0 Å². The highest BCUT2D eigenvalue weighted by molar-refractivity contribution is 6.00. The molecular formula is C30H21FO5. The van der Waals surface area contributed by atoms with Gasteiger partial charge in [-0.2, -0.15) is 0 Å². The highest BCUT2D eigenvalue weighted by Crippen LogP contribution is 2.32. The minimum absolute atomic E-state index is 0.0440. The van der Waals surface area contributed by atoms with E-state index in [0.717, 1.165) is 22.6 Å². The summed E-state index contributed by atoms with van der Waals surface area (Å²) in [5.41, 5.74) is 2.18. The second kappa shape index (κ2) is 9.88. The van der Waals surface area contributed by atoms with E-state index in [4.69, 9.17) is 13.9 Å². The first-order chi connectivity index (χ1) is 17.5. The fraction of sp³-hybridized carbons (Fsp3) is 0.0667. The molecule has 1 aromatic heterocycles. The molecule has 0 aliphatic carbocycles. The topological polar surface area (TPSA) is 65.7 Å². The zero-order chi connectivity index (χ0) is 25.1. The monoisotopic (exact) mass is 480 g/mol. The summed E-state index contributed by atoms with van der Waals surface area (Å²) >= 11 is 0. The van der Waals surface area contributed by atoms with Crippen molar-refractivity contribution in [2.24, 2.45) is 0 Å². The normalized spacial score (nSPS) is 11.7. The van der Waals surface area contributed by atoms with Crippen LogP contribution in [0.4, 0.5) is 4.39 Å². The maximum absolute atomic E-state index is 14.3. The number of carbonyl (C=O) groups is 1. The van der Waals surface area contributed by atoms with E-state index in [0.29, 0.717) is 16.9 Å². The fourth-order valence-electron chi connectivity index (χ4n) is 4.08. The lowest BCUT2D eigenvalue weighted by Crippen LogP contribution is -2.19. The van der Waals surface area contributed by atoms with Gasteiger partial charge in [-0.05, 0) is 41.5 Å². The van der Waals surface area contributed by atoms with Crippen molar-refractivity contribution in [1.29, 1.82) is 0 Å². The van der Waals surface area contributed by atoms with Crippen molar-refractivity contribution in [2.45, 2.75) is 6.10 Å². The second-order valence-electron chi connectivity index (χ2n) is 8.13. The van der Waals surface area contributed by atoms with Crippen LogP contribution in [0, 0.1) is 5.82 Å². The van der Waals surface area contributed by atoms with Gasteiger partial charge in [0.1, 0.15) is 11.3 Å². The van der Waals surface area contributed by atoms with E-state index in [-0.39, 0.29) is 11.3 Å². The molecule has 5 aromatic rings. The van der Waals surface area contributed by atoms with Gasteiger partial charge < -0.3 is 13.9 Å². The molecule has 1 atom stereocenters. The van der Waals surface area contributed by atoms with Gasteiger partial charge in [-0.25, -0.2) is 9.18 Å². The van der Waals surface area contributed by atoms with Crippen LogP contribution in [0.25, 0.3) is 22.1 Å². The van der Waals surface area contributed by atoms with Crippen molar-refractivity contribution in [3.05, 3.63) is 130 Å². The lowest BCUT2D eigenvalue weighted by molar-refractivity contribution is 0.0792. The highest BCUT2D eigenvalue weighted by atomic mass is 19.1. The zero-order valence-electron chi connectivity index (χ0n) is 19.3.